The molecule has 1 N–H and O–H groups in total. The van der Waals surface area contributed by atoms with Gasteiger partial charge in [0.15, 0.2) is 0 Å². The summed E-state index contributed by atoms with van der Waals surface area (Å²) in [5, 5.41) is 3.04. The van der Waals surface area contributed by atoms with Gasteiger partial charge in [0.25, 0.3) is 0 Å². The molecule has 27 heavy (non-hydrogen) atoms. The highest BCUT2D eigenvalue weighted by molar-refractivity contribution is 5.89. The van der Waals surface area contributed by atoms with Crippen LogP contribution in [0.4, 0.5) is 15.3 Å². The standard InChI is InChI=1S/C21H33N3O3/c1-5-16(4)24(19-12-14-23(15-13-19)21(26)27-7-3)20(25)22-18-10-8-17(6-2)9-11-18/h8-11,16,19H,5-7,12-15H2,1-4H3,(H,22,25)/t16-/m0/s1. The van der Waals surface area contributed by atoms with E-state index in [1.165, 1.54) is 5.56 Å². The molecular formula is C21H33N3O3. The van der Waals surface area contributed by atoms with Gasteiger partial charge in [-0.15, -0.1) is 0 Å². The van der Waals surface area contributed by atoms with Gasteiger partial charge in [0.05, 0.1) is 6.61 Å². The SMILES string of the molecule is CCOC(=O)N1CCC(N(C(=O)Nc2ccc(CC)cc2)[C@@H](C)CC)CC1. The number of benzene rings is 1. The molecule has 0 unspecified atom stereocenters. The highest BCUT2D eigenvalue weighted by Crippen LogP contribution is 2.22. The van der Waals surface area contributed by atoms with Gasteiger partial charge in [-0.1, -0.05) is 26.0 Å². The highest BCUT2D eigenvalue weighted by atomic mass is 16.6. The van der Waals surface area contributed by atoms with E-state index in [2.05, 4.69) is 26.1 Å². The number of amides is 3. The number of carbonyl (C=O) groups is 2. The van der Waals surface area contributed by atoms with Crippen molar-refractivity contribution >= 4 is 17.8 Å². The molecule has 0 spiro atoms. The first-order valence-electron chi connectivity index (χ1n) is 10.1. The monoisotopic (exact) mass is 375 g/mol. The minimum Gasteiger partial charge on any atom is -0.450 e. The van der Waals surface area contributed by atoms with Crippen molar-refractivity contribution in [2.24, 2.45) is 0 Å². The third kappa shape index (κ3) is 5.62. The average Bonchev–Trinajstić information content (AvgIpc) is 2.69. The third-order valence-corrected chi connectivity index (χ3v) is 5.30. The number of ether oxygens (including phenoxy) is 1. The second-order valence-electron chi connectivity index (χ2n) is 7.06. The lowest BCUT2D eigenvalue weighted by molar-refractivity contribution is 0.0757. The molecule has 1 fully saturated rings. The van der Waals surface area contributed by atoms with E-state index in [9.17, 15) is 9.59 Å². The van der Waals surface area contributed by atoms with Crippen LogP contribution < -0.4 is 5.32 Å². The van der Waals surface area contributed by atoms with Crippen molar-refractivity contribution in [1.29, 1.82) is 0 Å². The number of urea groups is 1. The molecule has 3 amide bonds. The van der Waals surface area contributed by atoms with Crippen LogP contribution in [0.5, 0.6) is 0 Å². The normalized spacial score (nSPS) is 15.9. The molecule has 1 atom stereocenters. The summed E-state index contributed by atoms with van der Waals surface area (Å²) < 4.78 is 5.09. The number of rotatable bonds is 6. The Labute approximate surface area is 162 Å². The van der Waals surface area contributed by atoms with Crippen LogP contribution >= 0.6 is 0 Å². The summed E-state index contributed by atoms with van der Waals surface area (Å²) in [5.41, 5.74) is 2.06. The fourth-order valence-electron chi connectivity index (χ4n) is 3.48. The van der Waals surface area contributed by atoms with Crippen molar-refractivity contribution in [2.75, 3.05) is 25.0 Å². The average molecular weight is 376 g/mol. The predicted octanol–water partition coefficient (Wildman–Crippen LogP) is 4.50. The Kier molecular flexibility index (Phi) is 7.95. The molecule has 150 valence electrons. The van der Waals surface area contributed by atoms with E-state index >= 15 is 0 Å². The molecule has 2 rings (SSSR count). The Morgan fingerprint density at radius 3 is 2.33 bits per heavy atom. The summed E-state index contributed by atoms with van der Waals surface area (Å²) in [4.78, 5) is 28.6. The zero-order valence-electron chi connectivity index (χ0n) is 17.0. The van der Waals surface area contributed by atoms with Crippen LogP contribution in [0.15, 0.2) is 24.3 Å². The number of aryl methyl sites for hydroxylation is 1. The zero-order valence-corrected chi connectivity index (χ0v) is 17.0. The number of nitrogens with zero attached hydrogens (tertiary/aromatic N) is 2. The molecule has 0 radical (unpaired) electrons. The van der Waals surface area contributed by atoms with Crippen LogP contribution in [-0.4, -0.2) is 53.7 Å². The van der Waals surface area contributed by atoms with Crippen LogP contribution in [0.1, 0.15) is 52.5 Å². The lowest BCUT2D eigenvalue weighted by Gasteiger charge is -2.41. The lowest BCUT2D eigenvalue weighted by atomic mass is 10.0. The second-order valence-corrected chi connectivity index (χ2v) is 7.06. The molecule has 0 aliphatic carbocycles. The molecule has 1 aromatic rings. The van der Waals surface area contributed by atoms with E-state index in [1.54, 1.807) is 4.90 Å². The molecule has 1 heterocycles. The van der Waals surface area contributed by atoms with Gasteiger partial charge >= 0.3 is 12.1 Å². The summed E-state index contributed by atoms with van der Waals surface area (Å²) in [6.45, 7) is 9.72. The first-order chi connectivity index (χ1) is 13.0. The van der Waals surface area contributed by atoms with Crippen molar-refractivity contribution in [3.63, 3.8) is 0 Å². The maximum absolute atomic E-state index is 13.0. The molecular weight excluding hydrogens is 342 g/mol. The summed E-state index contributed by atoms with van der Waals surface area (Å²) in [6, 6.07) is 8.19. The number of nitrogens with one attached hydrogen (secondary N) is 1. The minimum atomic E-state index is -0.258. The molecule has 6 nitrogen and oxygen atoms in total. The maximum atomic E-state index is 13.0. The fourth-order valence-corrected chi connectivity index (χ4v) is 3.48. The van der Waals surface area contributed by atoms with Gasteiger partial charge in [-0.05, 0) is 57.2 Å². The summed E-state index contributed by atoms with van der Waals surface area (Å²) in [6.07, 6.45) is 3.15. The third-order valence-electron chi connectivity index (χ3n) is 5.30. The first-order valence-corrected chi connectivity index (χ1v) is 10.1. The van der Waals surface area contributed by atoms with Crippen LogP contribution in [0.3, 0.4) is 0 Å². The maximum Gasteiger partial charge on any atom is 0.409 e. The van der Waals surface area contributed by atoms with E-state index in [4.69, 9.17) is 4.74 Å². The Balaban J connectivity index is 2.02. The van der Waals surface area contributed by atoms with Gasteiger partial charge < -0.3 is 19.9 Å². The van der Waals surface area contributed by atoms with Gasteiger partial charge in [-0.2, -0.15) is 0 Å². The molecule has 0 saturated carbocycles. The molecule has 6 heteroatoms. The Hall–Kier alpha value is -2.24. The van der Waals surface area contributed by atoms with E-state index in [0.29, 0.717) is 19.7 Å². The van der Waals surface area contributed by atoms with Gasteiger partial charge in [-0.25, -0.2) is 9.59 Å². The molecule has 1 saturated heterocycles. The van der Waals surface area contributed by atoms with Crippen molar-refractivity contribution in [1.82, 2.24) is 9.80 Å². The molecule has 1 aliphatic heterocycles. The van der Waals surface area contributed by atoms with Crippen LogP contribution in [0.2, 0.25) is 0 Å². The highest BCUT2D eigenvalue weighted by Gasteiger charge is 2.32. The van der Waals surface area contributed by atoms with Crippen LogP contribution in [0, 0.1) is 0 Å². The number of carbonyl (C=O) groups excluding carboxylic acids is 2. The Morgan fingerprint density at radius 1 is 1.19 bits per heavy atom. The van der Waals surface area contributed by atoms with E-state index < -0.39 is 0 Å². The molecule has 1 aromatic carbocycles. The van der Waals surface area contributed by atoms with Crippen LogP contribution in [-0.2, 0) is 11.2 Å². The molecule has 0 aromatic heterocycles. The van der Waals surface area contributed by atoms with Gasteiger partial charge in [0.2, 0.25) is 0 Å². The second kappa shape index (κ2) is 10.2. The van der Waals surface area contributed by atoms with Crippen molar-refractivity contribution in [3.8, 4) is 0 Å². The first kappa shape index (κ1) is 21.1. The quantitative estimate of drug-likeness (QED) is 0.796. The van der Waals surface area contributed by atoms with Gasteiger partial charge in [0.1, 0.15) is 0 Å². The zero-order chi connectivity index (χ0) is 19.8. The number of piperidine rings is 1. The smallest absolute Gasteiger partial charge is 0.409 e. The predicted molar refractivity (Wildman–Crippen MR) is 108 cm³/mol. The largest absolute Gasteiger partial charge is 0.450 e. The topological polar surface area (TPSA) is 61.9 Å². The molecule has 0 bridgehead atoms. The lowest BCUT2D eigenvalue weighted by Crippen LogP contribution is -2.53. The minimum absolute atomic E-state index is 0.0665. The summed E-state index contributed by atoms with van der Waals surface area (Å²) >= 11 is 0. The number of anilines is 1. The number of hydrogen-bond donors (Lipinski definition) is 1. The number of hydrogen-bond acceptors (Lipinski definition) is 3. The van der Waals surface area contributed by atoms with Gasteiger partial charge in [-0.3, -0.25) is 0 Å². The van der Waals surface area contributed by atoms with Gasteiger partial charge in [0, 0.05) is 30.9 Å². The van der Waals surface area contributed by atoms with Crippen molar-refractivity contribution in [3.05, 3.63) is 29.8 Å². The van der Waals surface area contributed by atoms with E-state index in [0.717, 1.165) is 31.4 Å². The van der Waals surface area contributed by atoms with Crippen molar-refractivity contribution < 1.29 is 14.3 Å². The van der Waals surface area contributed by atoms with Crippen LogP contribution in [0.25, 0.3) is 0 Å². The Bertz CT molecular complexity index is 610. The van der Waals surface area contributed by atoms with E-state index in [1.807, 2.05) is 36.1 Å². The summed E-state index contributed by atoms with van der Waals surface area (Å²) in [5.74, 6) is 0. The Morgan fingerprint density at radius 2 is 1.81 bits per heavy atom. The van der Waals surface area contributed by atoms with Crippen molar-refractivity contribution in [2.45, 2.75) is 65.5 Å². The van der Waals surface area contributed by atoms with E-state index in [-0.39, 0.29) is 24.2 Å². The molecule has 1 aliphatic rings. The summed E-state index contributed by atoms with van der Waals surface area (Å²) in [7, 11) is 0. The number of likely N-dealkylation sites (tertiary alicyclic amines) is 1. The fraction of sp³-hybridized carbons (Fsp3) is 0.619.